The maximum atomic E-state index is 13.3. The minimum atomic E-state index is -0.459. The molecule has 1 N–H and O–H groups in total. The normalized spacial score (nSPS) is 10.3. The summed E-state index contributed by atoms with van der Waals surface area (Å²) in [6, 6.07) is 11.4. The SMILES string of the molecule is O=C(NCc1ccc(Cl)cc1)c1ccc(Br)c(F)c1. The van der Waals surface area contributed by atoms with Crippen LogP contribution in [-0.4, -0.2) is 5.91 Å². The van der Waals surface area contributed by atoms with Gasteiger partial charge >= 0.3 is 0 Å². The van der Waals surface area contributed by atoms with Crippen LogP contribution in [0.15, 0.2) is 46.9 Å². The second-order valence-electron chi connectivity index (χ2n) is 3.94. The van der Waals surface area contributed by atoms with E-state index in [1.54, 1.807) is 18.2 Å². The molecule has 0 aromatic heterocycles. The number of carbonyl (C=O) groups is 1. The molecule has 0 saturated carbocycles. The molecule has 19 heavy (non-hydrogen) atoms. The van der Waals surface area contributed by atoms with E-state index in [-0.39, 0.29) is 11.5 Å². The fourth-order valence-electron chi connectivity index (χ4n) is 1.52. The van der Waals surface area contributed by atoms with E-state index in [4.69, 9.17) is 11.6 Å². The van der Waals surface area contributed by atoms with Gasteiger partial charge in [0.1, 0.15) is 5.82 Å². The second kappa shape index (κ2) is 6.17. The summed E-state index contributed by atoms with van der Waals surface area (Å²) in [5, 5.41) is 3.36. The molecule has 2 nitrogen and oxygen atoms in total. The molecule has 0 heterocycles. The Morgan fingerprint density at radius 3 is 2.53 bits per heavy atom. The Hall–Kier alpha value is -1.39. The van der Waals surface area contributed by atoms with Gasteiger partial charge in [-0.25, -0.2) is 4.39 Å². The van der Waals surface area contributed by atoms with E-state index in [0.717, 1.165) is 5.56 Å². The summed E-state index contributed by atoms with van der Waals surface area (Å²) in [5.74, 6) is -0.777. The Balaban J connectivity index is 2.01. The van der Waals surface area contributed by atoms with Gasteiger partial charge < -0.3 is 5.32 Å². The molecule has 0 radical (unpaired) electrons. The third-order valence-electron chi connectivity index (χ3n) is 2.55. The average molecular weight is 343 g/mol. The molecule has 0 unspecified atom stereocenters. The van der Waals surface area contributed by atoms with Crippen LogP contribution in [-0.2, 0) is 6.54 Å². The molecule has 0 aliphatic carbocycles. The number of carbonyl (C=O) groups excluding carboxylic acids is 1. The first kappa shape index (κ1) is 14.0. The Kier molecular flexibility index (Phi) is 4.56. The molecular weight excluding hydrogens is 333 g/mol. The van der Waals surface area contributed by atoms with Gasteiger partial charge in [0.15, 0.2) is 0 Å². The molecule has 2 aromatic carbocycles. The van der Waals surface area contributed by atoms with E-state index in [1.165, 1.54) is 12.1 Å². The molecule has 98 valence electrons. The van der Waals surface area contributed by atoms with Gasteiger partial charge in [-0.2, -0.15) is 0 Å². The maximum absolute atomic E-state index is 13.3. The van der Waals surface area contributed by atoms with Crippen LogP contribution in [0.25, 0.3) is 0 Å². The van der Waals surface area contributed by atoms with Crippen molar-refractivity contribution in [2.75, 3.05) is 0 Å². The maximum Gasteiger partial charge on any atom is 0.251 e. The van der Waals surface area contributed by atoms with Gasteiger partial charge in [-0.3, -0.25) is 4.79 Å². The van der Waals surface area contributed by atoms with Crippen molar-refractivity contribution in [1.82, 2.24) is 5.32 Å². The van der Waals surface area contributed by atoms with Gasteiger partial charge in [0.2, 0.25) is 0 Å². The van der Waals surface area contributed by atoms with Crippen LogP contribution in [0.5, 0.6) is 0 Å². The van der Waals surface area contributed by atoms with Crippen LogP contribution >= 0.6 is 27.5 Å². The van der Waals surface area contributed by atoms with Gasteiger partial charge in [-0.15, -0.1) is 0 Å². The topological polar surface area (TPSA) is 29.1 Å². The zero-order valence-electron chi connectivity index (χ0n) is 9.79. The lowest BCUT2D eigenvalue weighted by Gasteiger charge is -2.06. The summed E-state index contributed by atoms with van der Waals surface area (Å²) in [5.41, 5.74) is 1.21. The van der Waals surface area contributed by atoms with Crippen LogP contribution in [0.2, 0.25) is 5.02 Å². The first-order valence-electron chi connectivity index (χ1n) is 5.54. The molecule has 0 bridgehead atoms. The highest BCUT2D eigenvalue weighted by Crippen LogP contribution is 2.16. The molecule has 5 heteroatoms. The summed E-state index contributed by atoms with van der Waals surface area (Å²) in [6.07, 6.45) is 0. The second-order valence-corrected chi connectivity index (χ2v) is 5.23. The standard InChI is InChI=1S/C14H10BrClFNO/c15-12-6-3-10(7-13(12)17)14(19)18-8-9-1-4-11(16)5-2-9/h1-7H,8H2,(H,18,19). The fraction of sp³-hybridized carbons (Fsp3) is 0.0714. The first-order chi connectivity index (χ1) is 9.06. The van der Waals surface area contributed by atoms with Crippen LogP contribution in [0.1, 0.15) is 15.9 Å². The van der Waals surface area contributed by atoms with Crippen molar-refractivity contribution in [3.63, 3.8) is 0 Å². The largest absolute Gasteiger partial charge is 0.348 e. The van der Waals surface area contributed by atoms with Crippen molar-refractivity contribution in [2.24, 2.45) is 0 Å². The van der Waals surface area contributed by atoms with Gasteiger partial charge in [0.25, 0.3) is 5.91 Å². The summed E-state index contributed by atoms with van der Waals surface area (Å²) in [4.78, 5) is 11.8. The molecule has 0 aliphatic rings. The van der Waals surface area contributed by atoms with Crippen LogP contribution in [0.3, 0.4) is 0 Å². The van der Waals surface area contributed by atoms with Crippen LogP contribution < -0.4 is 5.32 Å². The number of rotatable bonds is 3. The third kappa shape index (κ3) is 3.78. The Labute approximate surface area is 123 Å². The Morgan fingerprint density at radius 1 is 1.21 bits per heavy atom. The monoisotopic (exact) mass is 341 g/mol. The van der Waals surface area contributed by atoms with Gasteiger partial charge in [0, 0.05) is 17.1 Å². The van der Waals surface area contributed by atoms with E-state index in [0.29, 0.717) is 16.0 Å². The van der Waals surface area contributed by atoms with Gasteiger partial charge in [-0.05, 0) is 51.8 Å². The fourth-order valence-corrected chi connectivity index (χ4v) is 1.90. The van der Waals surface area contributed by atoms with Crippen molar-refractivity contribution in [1.29, 1.82) is 0 Å². The molecule has 0 fully saturated rings. The first-order valence-corrected chi connectivity index (χ1v) is 6.71. The molecular formula is C14H10BrClFNO. The van der Waals surface area contributed by atoms with Crippen molar-refractivity contribution in [3.05, 3.63) is 68.9 Å². The van der Waals surface area contributed by atoms with Crippen molar-refractivity contribution >= 4 is 33.4 Å². The third-order valence-corrected chi connectivity index (χ3v) is 3.44. The zero-order chi connectivity index (χ0) is 13.8. The molecule has 2 rings (SSSR count). The van der Waals surface area contributed by atoms with E-state index >= 15 is 0 Å². The number of halogens is 3. The number of benzene rings is 2. The summed E-state index contributed by atoms with van der Waals surface area (Å²) in [6.45, 7) is 0.369. The Morgan fingerprint density at radius 2 is 1.89 bits per heavy atom. The highest BCUT2D eigenvalue weighted by atomic mass is 79.9. The van der Waals surface area contributed by atoms with E-state index < -0.39 is 5.82 Å². The number of hydrogen-bond donors (Lipinski definition) is 1. The van der Waals surface area contributed by atoms with Crippen molar-refractivity contribution in [2.45, 2.75) is 6.54 Å². The lowest BCUT2D eigenvalue weighted by molar-refractivity contribution is 0.0950. The van der Waals surface area contributed by atoms with Crippen LogP contribution in [0, 0.1) is 5.82 Å². The summed E-state index contributed by atoms with van der Waals surface area (Å²) >= 11 is 8.81. The van der Waals surface area contributed by atoms with Crippen LogP contribution in [0.4, 0.5) is 4.39 Å². The smallest absolute Gasteiger partial charge is 0.251 e. The highest BCUT2D eigenvalue weighted by Gasteiger charge is 2.08. The quantitative estimate of drug-likeness (QED) is 0.891. The lowest BCUT2D eigenvalue weighted by Crippen LogP contribution is -2.22. The highest BCUT2D eigenvalue weighted by molar-refractivity contribution is 9.10. The minimum Gasteiger partial charge on any atom is -0.348 e. The molecule has 0 atom stereocenters. The van der Waals surface area contributed by atoms with Gasteiger partial charge in [-0.1, -0.05) is 23.7 Å². The number of amides is 1. The van der Waals surface area contributed by atoms with Crippen molar-refractivity contribution < 1.29 is 9.18 Å². The Bertz CT molecular complexity index is 601. The predicted octanol–water partition coefficient (Wildman–Crippen LogP) is 4.17. The number of nitrogens with one attached hydrogen (secondary N) is 1. The minimum absolute atomic E-state index is 0.287. The van der Waals surface area contributed by atoms with Gasteiger partial charge in [0.05, 0.1) is 4.47 Å². The lowest BCUT2D eigenvalue weighted by atomic mass is 10.2. The molecule has 2 aromatic rings. The number of hydrogen-bond acceptors (Lipinski definition) is 1. The van der Waals surface area contributed by atoms with E-state index in [2.05, 4.69) is 21.2 Å². The predicted molar refractivity (Wildman–Crippen MR) is 76.7 cm³/mol. The molecule has 1 amide bonds. The summed E-state index contributed by atoms with van der Waals surface area (Å²) < 4.78 is 13.6. The molecule has 0 spiro atoms. The average Bonchev–Trinajstić information content (AvgIpc) is 2.41. The zero-order valence-corrected chi connectivity index (χ0v) is 12.1. The molecule has 0 aliphatic heterocycles. The van der Waals surface area contributed by atoms with E-state index in [9.17, 15) is 9.18 Å². The van der Waals surface area contributed by atoms with E-state index in [1.807, 2.05) is 12.1 Å². The van der Waals surface area contributed by atoms with Crippen molar-refractivity contribution in [3.8, 4) is 0 Å². The summed E-state index contributed by atoms with van der Waals surface area (Å²) in [7, 11) is 0. The molecule has 0 saturated heterocycles.